The van der Waals surface area contributed by atoms with Gasteiger partial charge < -0.3 is 9.47 Å². The van der Waals surface area contributed by atoms with Gasteiger partial charge in [0.15, 0.2) is 5.60 Å². The molecule has 2 saturated carbocycles. The summed E-state index contributed by atoms with van der Waals surface area (Å²) in [6, 6.07) is 11.5. The molecular formula is C24H21F3O3. The van der Waals surface area contributed by atoms with Crippen LogP contribution in [0.5, 0.6) is 11.5 Å². The van der Waals surface area contributed by atoms with E-state index in [0.717, 1.165) is 43.9 Å². The van der Waals surface area contributed by atoms with Gasteiger partial charge in [0.25, 0.3) is 0 Å². The fraction of sp³-hybridized carbons (Fsp3) is 0.375. The molecule has 0 unspecified atom stereocenters. The third-order valence-electron chi connectivity index (χ3n) is 5.27. The van der Waals surface area contributed by atoms with Crippen LogP contribution in [0.15, 0.2) is 48.5 Å². The largest absolute Gasteiger partial charge is 0.474 e. The van der Waals surface area contributed by atoms with Gasteiger partial charge in [-0.15, -0.1) is 0 Å². The van der Waals surface area contributed by atoms with E-state index in [9.17, 15) is 18.0 Å². The summed E-state index contributed by atoms with van der Waals surface area (Å²) in [5, 5.41) is 0. The summed E-state index contributed by atoms with van der Waals surface area (Å²) in [4.78, 5) is 12.5. The first kappa shape index (κ1) is 20.3. The average molecular weight is 414 g/mol. The van der Waals surface area contributed by atoms with Crippen LogP contribution in [0.1, 0.15) is 54.4 Å². The Morgan fingerprint density at radius 2 is 1.73 bits per heavy atom. The van der Waals surface area contributed by atoms with Gasteiger partial charge in [-0.05, 0) is 68.9 Å². The maximum atomic E-state index is 13.6. The minimum Gasteiger partial charge on any atom is -0.474 e. The Balaban J connectivity index is 1.65. The molecule has 0 amide bonds. The molecule has 0 radical (unpaired) electrons. The van der Waals surface area contributed by atoms with Gasteiger partial charge in [-0.25, -0.2) is 4.79 Å². The number of para-hydroxylation sites is 1. The van der Waals surface area contributed by atoms with E-state index in [1.54, 1.807) is 30.3 Å². The number of ether oxygens (including phenoxy) is 2. The predicted octanol–water partition coefficient (Wildman–Crippen LogP) is 6.03. The second-order valence-electron chi connectivity index (χ2n) is 7.76. The molecule has 0 atom stereocenters. The second kappa shape index (κ2) is 8.06. The molecule has 2 aromatic rings. The molecule has 30 heavy (non-hydrogen) atoms. The Bertz CT molecular complexity index is 976. The first-order valence-corrected chi connectivity index (χ1v) is 10.0. The Kier molecular flexibility index (Phi) is 5.46. The van der Waals surface area contributed by atoms with E-state index in [4.69, 9.17) is 9.47 Å². The summed E-state index contributed by atoms with van der Waals surface area (Å²) in [5.41, 5.74) is -1.87. The van der Waals surface area contributed by atoms with Crippen LogP contribution in [-0.4, -0.2) is 11.6 Å². The molecule has 2 aromatic carbocycles. The van der Waals surface area contributed by atoms with Gasteiger partial charge in [0, 0.05) is 5.92 Å². The van der Waals surface area contributed by atoms with Gasteiger partial charge in [-0.1, -0.05) is 30.0 Å². The average Bonchev–Trinajstić information content (AvgIpc) is 3.44. The molecule has 3 nitrogen and oxygen atoms in total. The lowest BCUT2D eigenvalue weighted by atomic mass is 10.0. The number of esters is 1. The number of benzene rings is 2. The van der Waals surface area contributed by atoms with Crippen molar-refractivity contribution in [3.05, 3.63) is 59.7 Å². The summed E-state index contributed by atoms with van der Waals surface area (Å²) in [5.74, 6) is 5.77. The lowest BCUT2D eigenvalue weighted by molar-refractivity contribution is -0.139. The van der Waals surface area contributed by atoms with Crippen molar-refractivity contribution >= 4 is 5.97 Å². The molecule has 0 heterocycles. The quantitative estimate of drug-likeness (QED) is 0.348. The molecule has 4 rings (SSSR count). The van der Waals surface area contributed by atoms with Crippen molar-refractivity contribution in [2.75, 3.05) is 0 Å². The maximum Gasteiger partial charge on any atom is 0.419 e. The highest BCUT2D eigenvalue weighted by Gasteiger charge is 2.40. The van der Waals surface area contributed by atoms with Gasteiger partial charge in [0.1, 0.15) is 11.5 Å². The van der Waals surface area contributed by atoms with Gasteiger partial charge >= 0.3 is 12.1 Å². The fourth-order valence-electron chi connectivity index (χ4n) is 3.49. The van der Waals surface area contributed by atoms with Crippen LogP contribution in [0.3, 0.4) is 0 Å². The van der Waals surface area contributed by atoms with E-state index >= 15 is 0 Å². The van der Waals surface area contributed by atoms with Crippen molar-refractivity contribution in [3.8, 4) is 23.3 Å². The summed E-state index contributed by atoms with van der Waals surface area (Å²) < 4.78 is 52.1. The molecule has 2 aliphatic rings. The molecule has 6 heteroatoms. The number of carbonyl (C=O) groups excluding carboxylic acids is 1. The smallest absolute Gasteiger partial charge is 0.419 e. The van der Waals surface area contributed by atoms with E-state index in [0.29, 0.717) is 24.5 Å². The van der Waals surface area contributed by atoms with E-state index in [2.05, 4.69) is 11.8 Å². The Morgan fingerprint density at radius 1 is 1.03 bits per heavy atom. The van der Waals surface area contributed by atoms with Crippen LogP contribution in [0.25, 0.3) is 0 Å². The van der Waals surface area contributed by atoms with Crippen LogP contribution >= 0.6 is 0 Å². The van der Waals surface area contributed by atoms with E-state index in [-0.39, 0.29) is 11.3 Å². The minimum atomic E-state index is -4.61. The molecule has 0 aliphatic heterocycles. The Labute approximate surface area is 173 Å². The van der Waals surface area contributed by atoms with Gasteiger partial charge in [-0.2, -0.15) is 13.2 Å². The normalized spacial score (nSPS) is 17.7. The summed E-state index contributed by atoms with van der Waals surface area (Å²) in [6.07, 6.45) is 0.272. The Hall–Kier alpha value is -2.94. The first-order valence-electron chi connectivity index (χ1n) is 10.0. The Morgan fingerprint density at radius 3 is 2.37 bits per heavy atom. The highest BCUT2D eigenvalue weighted by Crippen LogP contribution is 2.42. The molecule has 0 saturated heterocycles. The van der Waals surface area contributed by atoms with Crippen LogP contribution in [0.4, 0.5) is 13.2 Å². The topological polar surface area (TPSA) is 35.5 Å². The lowest BCUT2D eigenvalue weighted by Crippen LogP contribution is -2.32. The molecule has 156 valence electrons. The standard InChI is InChI=1S/C24H21F3O3/c25-24(26,27)20-11-10-18(22(28)29-19-6-2-1-3-7-19)16-21(20)30-23(13-4-5-14-23)15-12-17-8-9-17/h1-3,6-7,10-11,16-17H,4-5,8-9,13-14H2. The zero-order chi connectivity index (χ0) is 21.2. The number of carbonyl (C=O) groups is 1. The summed E-state index contributed by atoms with van der Waals surface area (Å²) in [6.45, 7) is 0. The third kappa shape index (κ3) is 4.79. The van der Waals surface area contributed by atoms with Gasteiger partial charge in [0.05, 0.1) is 11.1 Å². The van der Waals surface area contributed by atoms with E-state index in [1.165, 1.54) is 0 Å². The van der Waals surface area contributed by atoms with Crippen LogP contribution in [0.2, 0.25) is 0 Å². The van der Waals surface area contributed by atoms with Crippen molar-refractivity contribution in [3.63, 3.8) is 0 Å². The number of hydrogen-bond acceptors (Lipinski definition) is 3. The molecule has 0 aromatic heterocycles. The molecule has 0 bridgehead atoms. The molecule has 0 N–H and O–H groups in total. The lowest BCUT2D eigenvalue weighted by Gasteiger charge is -2.27. The summed E-state index contributed by atoms with van der Waals surface area (Å²) in [7, 11) is 0. The van der Waals surface area contributed by atoms with Crippen molar-refractivity contribution in [2.24, 2.45) is 5.92 Å². The number of hydrogen-bond donors (Lipinski definition) is 0. The van der Waals surface area contributed by atoms with E-state index in [1.807, 2.05) is 0 Å². The highest BCUT2D eigenvalue weighted by atomic mass is 19.4. The molecular weight excluding hydrogens is 393 g/mol. The number of halogens is 3. The van der Waals surface area contributed by atoms with Crippen molar-refractivity contribution < 1.29 is 27.4 Å². The number of alkyl halides is 3. The zero-order valence-electron chi connectivity index (χ0n) is 16.3. The van der Waals surface area contributed by atoms with Crippen molar-refractivity contribution in [1.82, 2.24) is 0 Å². The molecule has 0 spiro atoms. The van der Waals surface area contributed by atoms with Crippen LogP contribution in [-0.2, 0) is 6.18 Å². The van der Waals surface area contributed by atoms with E-state index < -0.39 is 23.3 Å². The van der Waals surface area contributed by atoms with Crippen LogP contribution in [0, 0.1) is 17.8 Å². The second-order valence-corrected chi connectivity index (χ2v) is 7.76. The minimum absolute atomic E-state index is 0.00912. The van der Waals surface area contributed by atoms with Gasteiger partial charge in [-0.3, -0.25) is 0 Å². The van der Waals surface area contributed by atoms with Gasteiger partial charge in [0.2, 0.25) is 0 Å². The van der Waals surface area contributed by atoms with Crippen molar-refractivity contribution in [2.45, 2.75) is 50.3 Å². The van der Waals surface area contributed by atoms with Crippen LogP contribution < -0.4 is 9.47 Å². The fourth-order valence-corrected chi connectivity index (χ4v) is 3.49. The SMILES string of the molecule is O=C(Oc1ccccc1)c1ccc(C(F)(F)F)c(OC2(C#CC3CC3)CCCC2)c1. The third-order valence-corrected chi connectivity index (χ3v) is 5.27. The molecule has 2 aliphatic carbocycles. The first-order chi connectivity index (χ1) is 14.3. The summed E-state index contributed by atoms with van der Waals surface area (Å²) >= 11 is 0. The maximum absolute atomic E-state index is 13.6. The monoisotopic (exact) mass is 414 g/mol. The predicted molar refractivity (Wildman–Crippen MR) is 105 cm³/mol. The zero-order valence-corrected chi connectivity index (χ0v) is 16.3. The number of rotatable bonds is 4. The highest BCUT2D eigenvalue weighted by molar-refractivity contribution is 5.91. The molecule has 2 fully saturated rings. The van der Waals surface area contributed by atoms with Crippen molar-refractivity contribution in [1.29, 1.82) is 0 Å².